The molecular formula is C29H28NO2+. The molecule has 0 N–H and O–H groups in total. The summed E-state index contributed by atoms with van der Waals surface area (Å²) in [6.45, 7) is 5.11. The van der Waals surface area contributed by atoms with Crippen LogP contribution < -0.4 is 4.57 Å². The molecule has 0 saturated carbocycles. The first-order valence-corrected chi connectivity index (χ1v) is 11.0. The monoisotopic (exact) mass is 422 g/mol. The Morgan fingerprint density at radius 3 is 1.88 bits per heavy atom. The van der Waals surface area contributed by atoms with Gasteiger partial charge in [-0.25, -0.2) is 0 Å². The van der Waals surface area contributed by atoms with Crippen molar-refractivity contribution >= 4 is 5.97 Å². The van der Waals surface area contributed by atoms with Crippen molar-refractivity contribution in [1.29, 1.82) is 0 Å². The van der Waals surface area contributed by atoms with Gasteiger partial charge in [0.15, 0.2) is 18.8 Å². The van der Waals surface area contributed by atoms with Crippen LogP contribution in [-0.2, 0) is 16.1 Å². The zero-order valence-corrected chi connectivity index (χ0v) is 18.6. The summed E-state index contributed by atoms with van der Waals surface area (Å²) < 4.78 is 8.05. The lowest BCUT2D eigenvalue weighted by Gasteiger charge is -2.17. The Balaban J connectivity index is 1.55. The Morgan fingerprint density at radius 1 is 0.781 bits per heavy atom. The Bertz CT molecular complexity index is 1130. The van der Waals surface area contributed by atoms with E-state index in [1.165, 1.54) is 5.56 Å². The molecule has 4 aromatic rings. The Hall–Kier alpha value is -3.72. The summed E-state index contributed by atoms with van der Waals surface area (Å²) in [4.78, 5) is 13.2. The number of hydrogen-bond acceptors (Lipinski definition) is 2. The molecule has 0 fully saturated rings. The van der Waals surface area contributed by atoms with Gasteiger partial charge in [-0.05, 0) is 35.7 Å². The Kier molecular flexibility index (Phi) is 6.76. The topological polar surface area (TPSA) is 30.2 Å². The van der Waals surface area contributed by atoms with Crippen molar-refractivity contribution in [2.75, 3.05) is 6.61 Å². The molecule has 3 heteroatoms. The van der Waals surface area contributed by atoms with E-state index in [1.807, 2.05) is 78.9 Å². The number of carbonyl (C=O) groups excluding carboxylic acids is 1. The number of carbonyl (C=O) groups is 1. The highest BCUT2D eigenvalue weighted by Gasteiger charge is 2.25. The molecule has 0 saturated heterocycles. The molecule has 0 aliphatic rings. The predicted molar refractivity (Wildman–Crippen MR) is 127 cm³/mol. The van der Waals surface area contributed by atoms with Crippen molar-refractivity contribution in [1.82, 2.24) is 0 Å². The molecule has 160 valence electrons. The Morgan fingerprint density at radius 2 is 1.31 bits per heavy atom. The molecule has 1 aromatic heterocycles. The fourth-order valence-corrected chi connectivity index (χ4v) is 4.15. The summed E-state index contributed by atoms with van der Waals surface area (Å²) in [7, 11) is 0. The van der Waals surface area contributed by atoms with Crippen molar-refractivity contribution in [3.63, 3.8) is 0 Å². The van der Waals surface area contributed by atoms with E-state index in [-0.39, 0.29) is 5.97 Å². The minimum atomic E-state index is -0.435. The smallest absolute Gasteiger partial charge is 0.318 e. The van der Waals surface area contributed by atoms with E-state index in [9.17, 15) is 4.79 Å². The molecule has 0 aliphatic heterocycles. The second-order valence-electron chi connectivity index (χ2n) is 8.00. The van der Waals surface area contributed by atoms with Gasteiger partial charge in [-0.3, -0.25) is 4.79 Å². The SMILES string of the molecule is Cc1cc(C)[n+](CCOC(=O)C(c2ccccc2)c2ccccc2)c(-c2ccccc2)c1. The minimum Gasteiger partial charge on any atom is -0.458 e. The molecule has 3 nitrogen and oxygen atoms in total. The van der Waals surface area contributed by atoms with E-state index in [4.69, 9.17) is 4.74 Å². The summed E-state index contributed by atoms with van der Waals surface area (Å²) in [6, 6.07) is 34.3. The van der Waals surface area contributed by atoms with Gasteiger partial charge in [0.05, 0.1) is 0 Å². The number of rotatable bonds is 7. The van der Waals surface area contributed by atoms with Crippen LogP contribution >= 0.6 is 0 Å². The first-order valence-electron chi connectivity index (χ1n) is 11.0. The molecule has 0 bridgehead atoms. The van der Waals surface area contributed by atoms with Gasteiger partial charge >= 0.3 is 5.97 Å². The number of nitrogens with zero attached hydrogens (tertiary/aromatic N) is 1. The Labute approximate surface area is 189 Å². The second kappa shape index (κ2) is 10.1. The van der Waals surface area contributed by atoms with Gasteiger partial charge in [0, 0.05) is 24.6 Å². The van der Waals surface area contributed by atoms with E-state index >= 15 is 0 Å². The fourth-order valence-electron chi connectivity index (χ4n) is 4.15. The highest BCUT2D eigenvalue weighted by atomic mass is 16.5. The molecule has 32 heavy (non-hydrogen) atoms. The normalized spacial score (nSPS) is 10.8. The van der Waals surface area contributed by atoms with Gasteiger partial charge in [-0.15, -0.1) is 0 Å². The van der Waals surface area contributed by atoms with Crippen LogP contribution in [0.25, 0.3) is 11.3 Å². The van der Waals surface area contributed by atoms with Crippen molar-refractivity contribution in [2.24, 2.45) is 0 Å². The highest BCUT2D eigenvalue weighted by molar-refractivity contribution is 5.82. The number of aryl methyl sites for hydroxylation is 2. The maximum absolute atomic E-state index is 13.2. The molecule has 0 aliphatic carbocycles. The van der Waals surface area contributed by atoms with Gasteiger partial charge in [-0.1, -0.05) is 78.9 Å². The van der Waals surface area contributed by atoms with E-state index < -0.39 is 5.92 Å². The third-order valence-corrected chi connectivity index (χ3v) is 5.65. The van der Waals surface area contributed by atoms with Crippen LogP contribution in [0.3, 0.4) is 0 Å². The quantitative estimate of drug-likeness (QED) is 0.285. The number of hydrogen-bond donors (Lipinski definition) is 0. The van der Waals surface area contributed by atoms with E-state index in [0.717, 1.165) is 28.1 Å². The zero-order valence-electron chi connectivity index (χ0n) is 18.6. The molecule has 1 heterocycles. The molecule has 0 unspecified atom stereocenters. The van der Waals surface area contributed by atoms with Gasteiger partial charge in [-0.2, -0.15) is 4.57 Å². The molecule has 0 amide bonds. The maximum Gasteiger partial charge on any atom is 0.318 e. The van der Waals surface area contributed by atoms with Crippen LogP contribution in [0.2, 0.25) is 0 Å². The number of esters is 1. The van der Waals surface area contributed by atoms with Crippen LogP contribution in [0.4, 0.5) is 0 Å². The average molecular weight is 423 g/mol. The number of pyridine rings is 1. The van der Waals surface area contributed by atoms with E-state index in [0.29, 0.717) is 13.2 Å². The standard InChI is InChI=1S/C29H28NO2/c1-22-20-23(2)30(27(21-22)24-12-6-3-7-13-24)18-19-32-29(31)28(25-14-8-4-9-15-25)26-16-10-5-11-17-26/h3-17,20-21,28H,18-19H2,1-2H3/q+1. The third-order valence-electron chi connectivity index (χ3n) is 5.65. The van der Waals surface area contributed by atoms with Crippen LogP contribution in [0.15, 0.2) is 103 Å². The van der Waals surface area contributed by atoms with Crippen LogP contribution in [0.5, 0.6) is 0 Å². The molecule has 0 spiro atoms. The minimum absolute atomic E-state index is 0.228. The van der Waals surface area contributed by atoms with Crippen LogP contribution in [0, 0.1) is 13.8 Å². The summed E-state index contributed by atoms with van der Waals surface area (Å²) in [6.07, 6.45) is 0. The lowest BCUT2D eigenvalue weighted by molar-refractivity contribution is -0.693. The number of benzene rings is 3. The summed E-state index contributed by atoms with van der Waals surface area (Å²) in [5.41, 5.74) is 6.50. The molecule has 0 atom stereocenters. The van der Waals surface area contributed by atoms with Crippen molar-refractivity contribution < 1.29 is 14.1 Å². The van der Waals surface area contributed by atoms with E-state index in [2.05, 4.69) is 42.7 Å². The molecule has 0 radical (unpaired) electrons. The van der Waals surface area contributed by atoms with Gasteiger partial charge in [0.1, 0.15) is 5.92 Å². The van der Waals surface area contributed by atoms with Crippen molar-refractivity contribution in [2.45, 2.75) is 26.3 Å². The highest BCUT2D eigenvalue weighted by Crippen LogP contribution is 2.26. The lowest BCUT2D eigenvalue weighted by atomic mass is 9.91. The zero-order chi connectivity index (χ0) is 22.3. The van der Waals surface area contributed by atoms with Crippen molar-refractivity contribution in [3.8, 4) is 11.3 Å². The summed E-state index contributed by atoms with van der Waals surface area (Å²) in [5.74, 6) is -0.663. The van der Waals surface area contributed by atoms with Gasteiger partial charge < -0.3 is 4.74 Å². The van der Waals surface area contributed by atoms with Gasteiger partial charge in [0.25, 0.3) is 0 Å². The van der Waals surface area contributed by atoms with E-state index in [1.54, 1.807) is 0 Å². The largest absolute Gasteiger partial charge is 0.458 e. The molecule has 4 rings (SSSR count). The first-order chi connectivity index (χ1) is 15.6. The average Bonchev–Trinajstić information content (AvgIpc) is 2.82. The predicted octanol–water partition coefficient (Wildman–Crippen LogP) is 5.63. The fraction of sp³-hybridized carbons (Fsp3) is 0.172. The first kappa shape index (κ1) is 21.5. The van der Waals surface area contributed by atoms with Crippen LogP contribution in [-0.4, -0.2) is 12.6 Å². The molecule has 3 aromatic carbocycles. The van der Waals surface area contributed by atoms with Gasteiger partial charge in [0.2, 0.25) is 5.69 Å². The lowest BCUT2D eigenvalue weighted by Crippen LogP contribution is -2.42. The second-order valence-corrected chi connectivity index (χ2v) is 8.00. The number of aromatic nitrogens is 1. The van der Waals surface area contributed by atoms with Crippen LogP contribution in [0.1, 0.15) is 28.3 Å². The third kappa shape index (κ3) is 4.94. The molecular weight excluding hydrogens is 394 g/mol. The summed E-state index contributed by atoms with van der Waals surface area (Å²) >= 11 is 0. The summed E-state index contributed by atoms with van der Waals surface area (Å²) in [5, 5.41) is 0. The number of ether oxygens (including phenoxy) is 1. The van der Waals surface area contributed by atoms with Crippen molar-refractivity contribution in [3.05, 3.63) is 126 Å². The maximum atomic E-state index is 13.2.